The molecule has 2 amide bonds. The van der Waals surface area contributed by atoms with Gasteiger partial charge in [-0.1, -0.05) is 37.6 Å². The molecule has 134 valence electrons. The number of imide groups is 1. The van der Waals surface area contributed by atoms with Gasteiger partial charge in [-0.25, -0.2) is 9.29 Å². The number of amides is 2. The van der Waals surface area contributed by atoms with Gasteiger partial charge in [0.25, 0.3) is 11.8 Å². The fourth-order valence-corrected chi connectivity index (χ4v) is 2.83. The van der Waals surface area contributed by atoms with Gasteiger partial charge in [0.1, 0.15) is 16.6 Å². The normalized spacial score (nSPS) is 14.6. The zero-order chi connectivity index (χ0) is 18.8. The molecule has 0 radical (unpaired) electrons. The molecule has 0 saturated heterocycles. The number of ether oxygens (including phenoxy) is 1. The monoisotopic (exact) mass is 373 g/mol. The fraction of sp³-hybridized carbons (Fsp3) is 0.200. The van der Waals surface area contributed by atoms with Gasteiger partial charge < -0.3 is 4.74 Å². The molecule has 26 heavy (non-hydrogen) atoms. The van der Waals surface area contributed by atoms with Crippen molar-refractivity contribution >= 4 is 34.7 Å². The molecule has 2 aromatic carbocycles. The molecule has 0 unspecified atom stereocenters. The minimum atomic E-state index is -0.626. The maximum absolute atomic E-state index is 13.1. The Morgan fingerprint density at radius 2 is 1.62 bits per heavy atom. The van der Waals surface area contributed by atoms with Crippen LogP contribution in [0.15, 0.2) is 53.6 Å². The minimum Gasteiger partial charge on any atom is -0.493 e. The Bertz CT molecular complexity index is 873. The second-order valence-electron chi connectivity index (χ2n) is 6.34. The van der Waals surface area contributed by atoms with Crippen molar-refractivity contribution in [3.8, 4) is 5.75 Å². The van der Waals surface area contributed by atoms with Crippen molar-refractivity contribution in [2.45, 2.75) is 13.8 Å². The number of carbonyl (C=O) groups excluding carboxylic acids is 2. The summed E-state index contributed by atoms with van der Waals surface area (Å²) in [6.07, 6.45) is 0. The number of anilines is 1. The molecule has 0 aliphatic carbocycles. The van der Waals surface area contributed by atoms with Crippen LogP contribution in [0.3, 0.4) is 0 Å². The van der Waals surface area contributed by atoms with Crippen LogP contribution in [0.25, 0.3) is 5.57 Å². The highest BCUT2D eigenvalue weighted by Gasteiger charge is 2.39. The third-order valence-electron chi connectivity index (χ3n) is 3.84. The van der Waals surface area contributed by atoms with E-state index in [9.17, 15) is 14.0 Å². The van der Waals surface area contributed by atoms with Crippen molar-refractivity contribution in [1.82, 2.24) is 0 Å². The number of nitrogens with zero attached hydrogens (tertiary/aromatic N) is 1. The molecule has 3 rings (SSSR count). The zero-order valence-electron chi connectivity index (χ0n) is 14.3. The predicted molar refractivity (Wildman–Crippen MR) is 98.4 cm³/mol. The molecule has 6 heteroatoms. The summed E-state index contributed by atoms with van der Waals surface area (Å²) in [4.78, 5) is 26.1. The quantitative estimate of drug-likeness (QED) is 0.730. The largest absolute Gasteiger partial charge is 0.493 e. The number of hydrogen-bond acceptors (Lipinski definition) is 3. The van der Waals surface area contributed by atoms with Crippen LogP contribution in [0, 0.1) is 11.7 Å². The molecule has 2 aromatic rings. The molecule has 0 spiro atoms. The van der Waals surface area contributed by atoms with Gasteiger partial charge in [0.05, 0.1) is 17.9 Å². The van der Waals surface area contributed by atoms with E-state index in [2.05, 4.69) is 0 Å². The molecule has 0 atom stereocenters. The third-order valence-corrected chi connectivity index (χ3v) is 4.19. The number of halogens is 2. The summed E-state index contributed by atoms with van der Waals surface area (Å²) in [7, 11) is 0. The standard InChI is InChI=1S/C20H17ClFNO3/c1-12(2)11-26-16-9-3-13(4-10-16)17-18(21)20(25)23(19(17)24)15-7-5-14(22)6-8-15/h3-10,12H,11H2,1-2H3. The SMILES string of the molecule is CC(C)COc1ccc(C2=C(Cl)C(=O)N(c3ccc(F)cc3)C2=O)cc1. The topological polar surface area (TPSA) is 46.6 Å². The van der Waals surface area contributed by atoms with Gasteiger partial charge in [-0.2, -0.15) is 0 Å². The second-order valence-corrected chi connectivity index (χ2v) is 6.72. The molecule has 0 N–H and O–H groups in total. The van der Waals surface area contributed by atoms with E-state index in [-0.39, 0.29) is 16.3 Å². The van der Waals surface area contributed by atoms with Crippen molar-refractivity contribution in [2.24, 2.45) is 5.92 Å². The van der Waals surface area contributed by atoms with Gasteiger partial charge in [0.2, 0.25) is 0 Å². The Labute approximate surface area is 155 Å². The van der Waals surface area contributed by atoms with E-state index in [0.717, 1.165) is 4.90 Å². The first-order valence-corrected chi connectivity index (χ1v) is 8.53. The van der Waals surface area contributed by atoms with Gasteiger partial charge in [0, 0.05) is 0 Å². The Hall–Kier alpha value is -2.66. The summed E-state index contributed by atoms with van der Waals surface area (Å²) in [6, 6.07) is 11.9. The average Bonchev–Trinajstić information content (AvgIpc) is 2.84. The van der Waals surface area contributed by atoms with E-state index in [0.29, 0.717) is 23.8 Å². The lowest BCUT2D eigenvalue weighted by molar-refractivity contribution is -0.119. The zero-order valence-corrected chi connectivity index (χ0v) is 15.1. The first-order chi connectivity index (χ1) is 12.4. The smallest absolute Gasteiger partial charge is 0.277 e. The second kappa shape index (κ2) is 7.30. The lowest BCUT2D eigenvalue weighted by Crippen LogP contribution is -2.31. The van der Waals surface area contributed by atoms with Crippen LogP contribution in [-0.4, -0.2) is 18.4 Å². The molecule has 1 aliphatic rings. The average molecular weight is 374 g/mol. The highest BCUT2D eigenvalue weighted by Crippen LogP contribution is 2.35. The van der Waals surface area contributed by atoms with Crippen LogP contribution < -0.4 is 9.64 Å². The molecule has 0 bridgehead atoms. The van der Waals surface area contributed by atoms with Crippen LogP contribution in [0.1, 0.15) is 19.4 Å². The van der Waals surface area contributed by atoms with E-state index in [4.69, 9.17) is 16.3 Å². The number of benzene rings is 2. The van der Waals surface area contributed by atoms with E-state index in [1.807, 2.05) is 13.8 Å². The number of hydrogen-bond donors (Lipinski definition) is 0. The fourth-order valence-electron chi connectivity index (χ4n) is 2.56. The maximum Gasteiger partial charge on any atom is 0.277 e. The van der Waals surface area contributed by atoms with Gasteiger partial charge in [-0.15, -0.1) is 0 Å². The van der Waals surface area contributed by atoms with E-state index in [1.54, 1.807) is 24.3 Å². The third kappa shape index (κ3) is 3.48. The molecule has 0 saturated carbocycles. The van der Waals surface area contributed by atoms with Crippen LogP contribution in [0.5, 0.6) is 5.75 Å². The summed E-state index contributed by atoms with van der Waals surface area (Å²) >= 11 is 6.14. The summed E-state index contributed by atoms with van der Waals surface area (Å²) in [5, 5.41) is -0.157. The van der Waals surface area contributed by atoms with Gasteiger partial charge in [-0.05, 0) is 47.9 Å². The minimum absolute atomic E-state index is 0.122. The Morgan fingerprint density at radius 3 is 2.19 bits per heavy atom. The Morgan fingerprint density at radius 1 is 1.00 bits per heavy atom. The summed E-state index contributed by atoms with van der Waals surface area (Å²) < 4.78 is 18.7. The van der Waals surface area contributed by atoms with E-state index in [1.165, 1.54) is 24.3 Å². The Kier molecular flexibility index (Phi) is 5.09. The first kappa shape index (κ1) is 18.1. The molecule has 4 nitrogen and oxygen atoms in total. The predicted octanol–water partition coefficient (Wildman–Crippen LogP) is 4.38. The van der Waals surface area contributed by atoms with Crippen molar-refractivity contribution < 1.29 is 18.7 Å². The number of carbonyl (C=O) groups is 2. The summed E-state index contributed by atoms with van der Waals surface area (Å²) in [5.74, 6) is -0.554. The molecule has 0 fully saturated rings. The highest BCUT2D eigenvalue weighted by atomic mass is 35.5. The lowest BCUT2D eigenvalue weighted by Gasteiger charge is -2.15. The van der Waals surface area contributed by atoms with Crippen LogP contribution >= 0.6 is 11.6 Å². The van der Waals surface area contributed by atoms with E-state index < -0.39 is 17.6 Å². The molecule has 0 aromatic heterocycles. The van der Waals surface area contributed by atoms with Crippen LogP contribution in [0.4, 0.5) is 10.1 Å². The van der Waals surface area contributed by atoms with Gasteiger partial charge in [0.15, 0.2) is 0 Å². The molecule has 1 aliphatic heterocycles. The summed E-state index contributed by atoms with van der Waals surface area (Å²) in [6.45, 7) is 4.68. The van der Waals surface area contributed by atoms with Crippen molar-refractivity contribution in [1.29, 1.82) is 0 Å². The summed E-state index contributed by atoms with van der Waals surface area (Å²) in [5.41, 5.74) is 0.915. The van der Waals surface area contributed by atoms with Crippen molar-refractivity contribution in [3.05, 3.63) is 64.9 Å². The lowest BCUT2D eigenvalue weighted by atomic mass is 10.1. The Balaban J connectivity index is 1.87. The first-order valence-electron chi connectivity index (χ1n) is 8.16. The number of rotatable bonds is 5. The van der Waals surface area contributed by atoms with Gasteiger partial charge in [-0.3, -0.25) is 9.59 Å². The highest BCUT2D eigenvalue weighted by molar-refractivity contribution is 6.60. The van der Waals surface area contributed by atoms with Crippen LogP contribution in [-0.2, 0) is 9.59 Å². The molecular weight excluding hydrogens is 357 g/mol. The van der Waals surface area contributed by atoms with Crippen molar-refractivity contribution in [2.75, 3.05) is 11.5 Å². The van der Waals surface area contributed by atoms with Crippen LogP contribution in [0.2, 0.25) is 0 Å². The van der Waals surface area contributed by atoms with E-state index >= 15 is 0 Å². The maximum atomic E-state index is 13.1. The molecule has 1 heterocycles. The van der Waals surface area contributed by atoms with Crippen molar-refractivity contribution in [3.63, 3.8) is 0 Å². The van der Waals surface area contributed by atoms with Gasteiger partial charge >= 0.3 is 0 Å². The molecular formula is C20H17ClFNO3.